The molecule has 0 saturated heterocycles. The molecule has 1 aromatic rings. The number of ether oxygens (including phenoxy) is 1. The van der Waals surface area contributed by atoms with E-state index in [-0.39, 0.29) is 43.4 Å². The molecule has 0 fully saturated rings. The minimum atomic E-state index is -0.759. The van der Waals surface area contributed by atoms with E-state index in [1.807, 2.05) is 12.1 Å². The summed E-state index contributed by atoms with van der Waals surface area (Å²) < 4.78 is 4.69. The zero-order valence-corrected chi connectivity index (χ0v) is 12.2. The first-order valence-corrected chi connectivity index (χ1v) is 5.46. The smallest absolute Gasteiger partial charge is 1.00 e. The SMILES string of the molecule is O=CCOC(=O)C1CCc2ccccc2C1=O.[H-].[Na+]. The van der Waals surface area contributed by atoms with Crippen molar-refractivity contribution >= 4 is 18.0 Å². The first-order valence-electron chi connectivity index (χ1n) is 5.46. The van der Waals surface area contributed by atoms with Crippen molar-refractivity contribution < 1.29 is 50.1 Å². The molecule has 1 atom stereocenters. The molecule has 0 aliphatic heterocycles. The topological polar surface area (TPSA) is 60.4 Å². The Hall–Kier alpha value is -0.970. The van der Waals surface area contributed by atoms with Crippen LogP contribution in [-0.2, 0) is 20.7 Å². The number of aryl methyl sites for hydroxylation is 1. The molecule has 0 bridgehead atoms. The average molecular weight is 256 g/mol. The molecule has 0 aromatic heterocycles. The van der Waals surface area contributed by atoms with Gasteiger partial charge in [-0.3, -0.25) is 14.4 Å². The van der Waals surface area contributed by atoms with Gasteiger partial charge < -0.3 is 6.16 Å². The van der Waals surface area contributed by atoms with Crippen LogP contribution < -0.4 is 29.6 Å². The summed E-state index contributed by atoms with van der Waals surface area (Å²) in [7, 11) is 0. The number of Topliss-reactive ketones (excluding diaryl/α,β-unsaturated/α-hetero) is 1. The number of carbonyl (C=O) groups is 3. The zero-order chi connectivity index (χ0) is 12.3. The van der Waals surface area contributed by atoms with Gasteiger partial charge in [-0.2, -0.15) is 0 Å². The molecule has 4 nitrogen and oxygen atoms in total. The number of hydrogen-bond acceptors (Lipinski definition) is 4. The number of fused-ring (bicyclic) bond motifs is 1. The second kappa shape index (κ2) is 6.83. The van der Waals surface area contributed by atoms with Gasteiger partial charge in [0.05, 0.1) is 0 Å². The summed E-state index contributed by atoms with van der Waals surface area (Å²) in [6.45, 7) is -0.287. The summed E-state index contributed by atoms with van der Waals surface area (Å²) >= 11 is 0. The first kappa shape index (κ1) is 15.1. The Kier molecular flexibility index (Phi) is 5.72. The Morgan fingerprint density at radius 3 is 2.89 bits per heavy atom. The van der Waals surface area contributed by atoms with Gasteiger partial charge in [0.25, 0.3) is 0 Å². The van der Waals surface area contributed by atoms with Crippen molar-refractivity contribution in [1.82, 2.24) is 0 Å². The molecule has 0 radical (unpaired) electrons. The summed E-state index contributed by atoms with van der Waals surface area (Å²) in [5.41, 5.74) is 1.56. The van der Waals surface area contributed by atoms with Gasteiger partial charge in [-0.25, -0.2) is 0 Å². The van der Waals surface area contributed by atoms with Crippen LogP contribution in [0.3, 0.4) is 0 Å². The van der Waals surface area contributed by atoms with Gasteiger partial charge in [0.1, 0.15) is 12.5 Å². The fourth-order valence-corrected chi connectivity index (χ4v) is 2.04. The van der Waals surface area contributed by atoms with Gasteiger partial charge in [0.2, 0.25) is 0 Å². The number of ketones is 1. The standard InChI is InChI=1S/C13H12O4.Na.H/c14-7-8-17-13(16)11-6-5-9-3-1-2-4-10(9)12(11)15;;/h1-4,7,11H,5-6,8H2;;/q;+1;-1. The maximum Gasteiger partial charge on any atom is 1.00 e. The Morgan fingerprint density at radius 2 is 2.17 bits per heavy atom. The molecule has 2 rings (SSSR count). The van der Waals surface area contributed by atoms with E-state index in [9.17, 15) is 14.4 Å². The van der Waals surface area contributed by atoms with Crippen molar-refractivity contribution in [3.05, 3.63) is 35.4 Å². The summed E-state index contributed by atoms with van der Waals surface area (Å²) in [4.78, 5) is 33.7. The van der Waals surface area contributed by atoms with Crippen molar-refractivity contribution in [3.8, 4) is 0 Å². The molecule has 1 unspecified atom stereocenters. The van der Waals surface area contributed by atoms with Crippen LogP contribution in [0.4, 0.5) is 0 Å². The van der Waals surface area contributed by atoms with Crippen molar-refractivity contribution in [2.75, 3.05) is 6.61 Å². The molecular weight excluding hydrogens is 243 g/mol. The van der Waals surface area contributed by atoms with Crippen LogP contribution in [-0.4, -0.2) is 24.6 Å². The molecule has 90 valence electrons. The number of hydrogen-bond donors (Lipinski definition) is 0. The Bertz CT molecular complexity index is 475. The normalized spacial score (nSPS) is 17.3. The number of aldehydes is 1. The van der Waals surface area contributed by atoms with Crippen molar-refractivity contribution in [2.45, 2.75) is 12.8 Å². The third kappa shape index (κ3) is 3.07. The molecule has 1 aliphatic rings. The number of carbonyl (C=O) groups excluding carboxylic acids is 3. The fourth-order valence-electron chi connectivity index (χ4n) is 2.04. The Morgan fingerprint density at radius 1 is 1.44 bits per heavy atom. The van der Waals surface area contributed by atoms with Crippen LogP contribution in [0.1, 0.15) is 23.8 Å². The van der Waals surface area contributed by atoms with E-state index < -0.39 is 11.9 Å². The third-order valence-corrected chi connectivity index (χ3v) is 2.88. The van der Waals surface area contributed by atoms with Gasteiger partial charge in [-0.15, -0.1) is 0 Å². The van der Waals surface area contributed by atoms with E-state index in [0.29, 0.717) is 24.7 Å². The minimum Gasteiger partial charge on any atom is -1.00 e. The quantitative estimate of drug-likeness (QED) is 0.280. The Labute approximate surface area is 128 Å². The summed E-state index contributed by atoms with van der Waals surface area (Å²) in [5.74, 6) is -1.57. The van der Waals surface area contributed by atoms with E-state index in [2.05, 4.69) is 4.74 Å². The number of esters is 1. The maximum absolute atomic E-state index is 12.0. The molecule has 1 aliphatic carbocycles. The van der Waals surface area contributed by atoms with Crippen molar-refractivity contribution in [3.63, 3.8) is 0 Å². The first-order chi connectivity index (χ1) is 8.24. The molecule has 0 N–H and O–H groups in total. The molecule has 0 amide bonds. The second-order valence-electron chi connectivity index (χ2n) is 3.91. The predicted molar refractivity (Wildman–Crippen MR) is 60.7 cm³/mol. The van der Waals surface area contributed by atoms with Crippen LogP contribution in [0.25, 0.3) is 0 Å². The monoisotopic (exact) mass is 256 g/mol. The number of benzene rings is 1. The van der Waals surface area contributed by atoms with E-state index >= 15 is 0 Å². The summed E-state index contributed by atoms with van der Waals surface area (Å²) in [6.07, 6.45) is 1.63. The predicted octanol–water partition coefficient (Wildman–Crippen LogP) is -1.71. The van der Waals surface area contributed by atoms with Gasteiger partial charge >= 0.3 is 35.5 Å². The zero-order valence-electron chi connectivity index (χ0n) is 11.2. The minimum absolute atomic E-state index is 0. The molecule has 1 aromatic carbocycles. The van der Waals surface area contributed by atoms with Crippen LogP contribution >= 0.6 is 0 Å². The molecule has 0 heterocycles. The number of rotatable bonds is 3. The van der Waals surface area contributed by atoms with Gasteiger partial charge in [0.15, 0.2) is 12.1 Å². The van der Waals surface area contributed by atoms with Crippen LogP contribution in [0, 0.1) is 5.92 Å². The summed E-state index contributed by atoms with van der Waals surface area (Å²) in [5, 5.41) is 0. The summed E-state index contributed by atoms with van der Waals surface area (Å²) in [6, 6.07) is 7.25. The molecule has 0 spiro atoms. The van der Waals surface area contributed by atoms with E-state index in [1.54, 1.807) is 12.1 Å². The van der Waals surface area contributed by atoms with Gasteiger partial charge in [-0.1, -0.05) is 24.3 Å². The average Bonchev–Trinajstić information content (AvgIpc) is 2.37. The van der Waals surface area contributed by atoms with E-state index in [1.165, 1.54) is 0 Å². The van der Waals surface area contributed by atoms with Crippen LogP contribution in [0.5, 0.6) is 0 Å². The van der Waals surface area contributed by atoms with Crippen LogP contribution in [0.15, 0.2) is 24.3 Å². The second-order valence-corrected chi connectivity index (χ2v) is 3.91. The van der Waals surface area contributed by atoms with Crippen LogP contribution in [0.2, 0.25) is 0 Å². The van der Waals surface area contributed by atoms with E-state index in [0.717, 1.165) is 5.56 Å². The molecule has 0 saturated carbocycles. The van der Waals surface area contributed by atoms with Gasteiger partial charge in [-0.05, 0) is 18.4 Å². The van der Waals surface area contributed by atoms with E-state index in [4.69, 9.17) is 0 Å². The Balaban J connectivity index is 0.00000162. The maximum atomic E-state index is 12.0. The van der Waals surface area contributed by atoms with Gasteiger partial charge in [0, 0.05) is 5.56 Å². The molecule has 5 heteroatoms. The van der Waals surface area contributed by atoms with Crippen molar-refractivity contribution in [2.24, 2.45) is 5.92 Å². The van der Waals surface area contributed by atoms with Crippen molar-refractivity contribution in [1.29, 1.82) is 0 Å². The fraction of sp³-hybridized carbons (Fsp3) is 0.308. The third-order valence-electron chi connectivity index (χ3n) is 2.88. The largest absolute Gasteiger partial charge is 1.00 e. The molecular formula is C13H13NaO4. The molecule has 18 heavy (non-hydrogen) atoms.